The van der Waals surface area contributed by atoms with Crippen LogP contribution in [0.25, 0.3) is 9.75 Å². The van der Waals surface area contributed by atoms with Crippen molar-refractivity contribution in [2.75, 3.05) is 0 Å². The van der Waals surface area contributed by atoms with Crippen LogP contribution in [0.4, 0.5) is 0 Å². The molecule has 2 aromatic heterocycles. The van der Waals surface area contributed by atoms with Crippen molar-refractivity contribution in [1.82, 2.24) is 53.2 Å². The molecule has 552 valence electrons. The van der Waals surface area contributed by atoms with Crippen LogP contribution >= 0.6 is 22.7 Å². The van der Waals surface area contributed by atoms with E-state index in [4.69, 9.17) is 28.0 Å². The van der Waals surface area contributed by atoms with Gasteiger partial charge in [0.15, 0.2) is 0 Å². The number of aliphatic carboxylic acids is 4. The molecular weight excluding hydrogens is 1380 g/mol. The highest BCUT2D eigenvalue weighted by atomic mass is 32.1. The zero-order valence-corrected chi connectivity index (χ0v) is 57.2. The molecule has 0 aliphatic rings. The number of primary amides is 3. The van der Waals surface area contributed by atoms with E-state index in [0.29, 0.717) is 30.6 Å². The number of carbonyl (C=O) groups excluding carboxylic acids is 13. The van der Waals surface area contributed by atoms with E-state index >= 15 is 0 Å². The molecule has 10 atom stereocenters. The van der Waals surface area contributed by atoms with Gasteiger partial charge in [0.05, 0.1) is 19.0 Å². The number of carbonyl (C=O) groups is 17. The highest BCUT2D eigenvalue weighted by molar-refractivity contribution is 7.22. The summed E-state index contributed by atoms with van der Waals surface area (Å²) in [6.07, 6.45) is -6.17. The van der Waals surface area contributed by atoms with Gasteiger partial charge in [-0.25, -0.2) is 4.79 Å². The number of hydrogen-bond acceptors (Lipinski definition) is 20. The first-order valence-electron chi connectivity index (χ1n) is 31.9. The third-order valence-corrected chi connectivity index (χ3v) is 17.5. The SMILES string of the molecule is CC(NC(=O)[C@H](Cc1ccccc1)NC(=O)[C@H](CCC(=O)O)NC(=O)Cc1ccc(-c2ccc(CNC(=O)[C@H](C)NC(=O)C(Cc3ccccc3)NC(=O)[C@H](CCC(=O)O)NC(=O)C(CCC(N)=O)NC(=O)[C@@H](N)CCC(N)=O)s2)s1)C(=O)N[C@@H](CCC(N)=O)C(=O)NC(CCC(=O)O)C(=O)O. The first-order valence-corrected chi connectivity index (χ1v) is 33.6. The van der Waals surface area contributed by atoms with Crippen LogP contribution in [0.3, 0.4) is 0 Å². The predicted molar refractivity (Wildman–Crippen MR) is 364 cm³/mol. The van der Waals surface area contributed by atoms with Crippen LogP contribution in [0.5, 0.6) is 0 Å². The molecule has 102 heavy (non-hydrogen) atoms. The maximum absolute atomic E-state index is 14.1. The van der Waals surface area contributed by atoms with Gasteiger partial charge in [0.25, 0.3) is 0 Å². The van der Waals surface area contributed by atoms with Crippen molar-refractivity contribution >= 4 is 123 Å². The Morgan fingerprint density at radius 3 is 1.12 bits per heavy atom. The number of carboxylic acids is 4. The van der Waals surface area contributed by atoms with Gasteiger partial charge in [-0.3, -0.25) is 76.7 Å². The minimum absolute atomic E-state index is 0.0281. The van der Waals surface area contributed by atoms with E-state index in [2.05, 4.69) is 53.2 Å². The number of hydrogen-bond donors (Lipinski definition) is 18. The number of benzene rings is 2. The van der Waals surface area contributed by atoms with Crippen molar-refractivity contribution in [1.29, 1.82) is 0 Å². The maximum Gasteiger partial charge on any atom is 0.326 e. The molecule has 0 aliphatic carbocycles. The Labute approximate surface area is 591 Å². The fourth-order valence-electron chi connectivity index (χ4n) is 9.62. The molecule has 2 heterocycles. The molecule has 22 N–H and O–H groups in total. The predicted octanol–water partition coefficient (Wildman–Crippen LogP) is -2.67. The molecule has 0 fully saturated rings. The number of nitrogens with one attached hydrogen (secondary N) is 10. The van der Waals surface area contributed by atoms with Crippen molar-refractivity contribution < 1.29 is 102 Å². The number of amides is 13. The molecule has 4 unspecified atom stereocenters. The molecule has 13 amide bonds. The monoisotopic (exact) mass is 1460 g/mol. The molecule has 4 rings (SSSR count). The molecule has 35 nitrogen and oxygen atoms in total. The van der Waals surface area contributed by atoms with Crippen LogP contribution in [0, 0.1) is 0 Å². The van der Waals surface area contributed by atoms with Crippen molar-refractivity contribution in [2.24, 2.45) is 22.9 Å². The first-order chi connectivity index (χ1) is 48.2. The second-order valence-electron chi connectivity index (χ2n) is 23.5. The summed E-state index contributed by atoms with van der Waals surface area (Å²) < 4.78 is 0. The Morgan fingerprint density at radius 2 is 0.696 bits per heavy atom. The Morgan fingerprint density at radius 1 is 0.363 bits per heavy atom. The lowest BCUT2D eigenvalue weighted by atomic mass is 10.0. The lowest BCUT2D eigenvalue weighted by molar-refractivity contribution is -0.144. The fourth-order valence-corrected chi connectivity index (χ4v) is 11.7. The molecule has 0 bridgehead atoms. The van der Waals surface area contributed by atoms with Crippen LogP contribution < -0.4 is 76.1 Å². The van der Waals surface area contributed by atoms with Gasteiger partial charge in [-0.05, 0) is 87.8 Å². The minimum Gasteiger partial charge on any atom is -0.481 e. The molecule has 0 saturated carbocycles. The third kappa shape index (κ3) is 30.5. The number of carboxylic acid groups (broad SMARTS) is 4. The van der Waals surface area contributed by atoms with E-state index in [1.807, 2.05) is 0 Å². The van der Waals surface area contributed by atoms with Crippen LogP contribution in [0.15, 0.2) is 84.9 Å². The average molecular weight is 1460 g/mol. The summed E-state index contributed by atoms with van der Waals surface area (Å²) in [5.74, 6) is -17.3. The highest BCUT2D eigenvalue weighted by Crippen LogP contribution is 2.34. The van der Waals surface area contributed by atoms with E-state index in [1.54, 1.807) is 84.9 Å². The third-order valence-electron chi connectivity index (χ3n) is 15.2. The Hall–Kier alpha value is -11.2. The first kappa shape index (κ1) is 83.2. The van der Waals surface area contributed by atoms with E-state index in [1.165, 1.54) is 36.5 Å². The van der Waals surface area contributed by atoms with Crippen molar-refractivity contribution in [3.8, 4) is 9.75 Å². The van der Waals surface area contributed by atoms with Gasteiger partial charge in [0, 0.05) is 70.9 Å². The minimum atomic E-state index is -1.70. The molecular formula is C65H84N14O21S2. The second kappa shape index (κ2) is 42.0. The number of thiophene rings is 2. The lowest BCUT2D eigenvalue weighted by Crippen LogP contribution is -2.59. The van der Waals surface area contributed by atoms with Crippen molar-refractivity contribution in [3.05, 3.63) is 106 Å². The smallest absolute Gasteiger partial charge is 0.326 e. The van der Waals surface area contributed by atoms with Crippen LogP contribution in [-0.4, -0.2) is 182 Å². The van der Waals surface area contributed by atoms with Gasteiger partial charge in [0.2, 0.25) is 76.8 Å². The Balaban J connectivity index is 1.42. The zero-order valence-electron chi connectivity index (χ0n) is 55.5. The van der Waals surface area contributed by atoms with Gasteiger partial charge >= 0.3 is 23.9 Å². The summed E-state index contributed by atoms with van der Waals surface area (Å²) in [5.41, 5.74) is 22.7. The second-order valence-corrected chi connectivity index (χ2v) is 25.8. The summed E-state index contributed by atoms with van der Waals surface area (Å²) >= 11 is 2.48. The standard InChI is InChI=1S/C65H84N14O21S2/c1-33(71-63(97)45(29-35-9-5-3-6-10-35)79-62(96)43(19-27-54(86)87)76-60(94)42(17-25-51(69)82)75-58(92)39(66)15-23-49(67)80)56(90)70-32-38-14-22-48(102-38)47-21-13-37(101-47)31-52(83)73-40(18-26-53(84)85)59(93)78-46(30-36-11-7-4-8-12-36)64(98)72-34(2)57(91)74-41(16-24-50(68)81)61(95)77-44(65(99)100)20-28-55(88)89/h3-14,21-22,33-34,39-46H,15-20,23-32,66H2,1-2H3,(H2,67,80)(H2,68,81)(H2,69,82)(H,70,90)(H,71,97)(H,72,98)(H,73,83)(H,74,91)(H,75,92)(H,76,94)(H,77,95)(H,78,93)(H,79,96)(H,84,85)(H,86,87)(H,88,89)(H,99,100)/t33-,34?,39-,40-,41-,42?,43-,44?,45?,46-/m0/s1. The van der Waals surface area contributed by atoms with Crippen molar-refractivity contribution in [2.45, 2.75) is 177 Å². The van der Waals surface area contributed by atoms with E-state index in [0.717, 1.165) is 0 Å². The summed E-state index contributed by atoms with van der Waals surface area (Å²) in [7, 11) is 0. The summed E-state index contributed by atoms with van der Waals surface area (Å²) in [6.45, 7) is 2.56. The quantitative estimate of drug-likeness (QED) is 0.0214. The van der Waals surface area contributed by atoms with E-state index in [9.17, 15) is 96.8 Å². The van der Waals surface area contributed by atoms with E-state index in [-0.39, 0.29) is 45.1 Å². The topological polar surface area (TPSA) is 595 Å². The summed E-state index contributed by atoms with van der Waals surface area (Å²) in [6, 6.07) is 8.51. The molecule has 0 saturated heterocycles. The number of nitrogens with two attached hydrogens (primary N) is 4. The van der Waals surface area contributed by atoms with Gasteiger partial charge in [-0.2, -0.15) is 0 Å². The summed E-state index contributed by atoms with van der Waals surface area (Å²) in [4.78, 5) is 220. The molecule has 2 aromatic carbocycles. The molecule has 4 aromatic rings. The number of rotatable bonds is 46. The highest BCUT2D eigenvalue weighted by Gasteiger charge is 2.35. The molecule has 0 radical (unpaired) electrons. The summed E-state index contributed by atoms with van der Waals surface area (Å²) in [5, 5.41) is 62.3. The average Bonchev–Trinajstić information content (AvgIpc) is 1.60. The maximum atomic E-state index is 14.1. The Kier molecular flexibility index (Phi) is 34.3. The normalized spacial score (nSPS) is 13.8. The zero-order chi connectivity index (χ0) is 75.8. The molecule has 0 spiro atoms. The van der Waals surface area contributed by atoms with Gasteiger partial charge in [-0.15, -0.1) is 22.7 Å². The van der Waals surface area contributed by atoms with Crippen LogP contribution in [0.1, 0.15) is 112 Å². The Bertz CT molecular complexity index is 3670. The van der Waals surface area contributed by atoms with Crippen LogP contribution in [-0.2, 0) is 107 Å². The lowest BCUT2D eigenvalue weighted by Gasteiger charge is -2.26. The molecule has 37 heteroatoms. The van der Waals surface area contributed by atoms with Crippen molar-refractivity contribution in [3.63, 3.8) is 0 Å². The van der Waals surface area contributed by atoms with Gasteiger partial charge < -0.3 is 96.5 Å². The van der Waals surface area contributed by atoms with Gasteiger partial charge in [-0.1, -0.05) is 60.7 Å². The van der Waals surface area contributed by atoms with Crippen LogP contribution in [0.2, 0.25) is 0 Å². The fraction of sp³-hybridized carbons (Fsp3) is 0.431. The molecule has 0 aliphatic heterocycles. The largest absolute Gasteiger partial charge is 0.481 e. The van der Waals surface area contributed by atoms with E-state index < -0.39 is 219 Å². The van der Waals surface area contributed by atoms with Gasteiger partial charge in [0.1, 0.15) is 54.4 Å².